The molecule has 0 saturated carbocycles. The molecular formula is C4H4F3N3. The fraction of sp³-hybridized carbons (Fsp3) is 0.500. The van der Waals surface area contributed by atoms with E-state index in [-0.39, 0.29) is 10.4 Å². The van der Waals surface area contributed by atoms with Gasteiger partial charge in [0.1, 0.15) is 12.2 Å². The van der Waals surface area contributed by atoms with Crippen molar-refractivity contribution in [1.82, 2.24) is 14.8 Å². The Morgan fingerprint density at radius 3 is 2.30 bits per heavy atom. The Morgan fingerprint density at radius 2 is 2.10 bits per heavy atom. The second kappa shape index (κ2) is 1.96. The molecule has 1 aromatic rings. The summed E-state index contributed by atoms with van der Waals surface area (Å²) in [5, 5.41) is 6.26. The van der Waals surface area contributed by atoms with Gasteiger partial charge in [-0.05, 0) is 6.92 Å². The van der Waals surface area contributed by atoms with Gasteiger partial charge in [0.2, 0.25) is 0 Å². The van der Waals surface area contributed by atoms with Crippen molar-refractivity contribution < 1.29 is 13.2 Å². The number of aromatic nitrogens is 3. The first-order valence-electron chi connectivity index (χ1n) is 2.45. The minimum atomic E-state index is -4.40. The molecule has 0 aliphatic carbocycles. The summed E-state index contributed by atoms with van der Waals surface area (Å²) in [6, 6.07) is 0. The van der Waals surface area contributed by atoms with Crippen LogP contribution in [0, 0.1) is 6.92 Å². The van der Waals surface area contributed by atoms with E-state index in [0.29, 0.717) is 6.33 Å². The van der Waals surface area contributed by atoms with Crippen LogP contribution in [-0.4, -0.2) is 14.8 Å². The zero-order valence-corrected chi connectivity index (χ0v) is 5.05. The SMILES string of the molecule is Cc1nncn1C(F)(F)F. The summed E-state index contributed by atoms with van der Waals surface area (Å²) >= 11 is 0. The van der Waals surface area contributed by atoms with Crippen LogP contribution >= 0.6 is 0 Å². The van der Waals surface area contributed by atoms with Crippen molar-refractivity contribution in [3.05, 3.63) is 12.2 Å². The predicted molar refractivity (Wildman–Crippen MR) is 26.1 cm³/mol. The van der Waals surface area contributed by atoms with Crippen LogP contribution in [0.15, 0.2) is 6.33 Å². The summed E-state index contributed by atoms with van der Waals surface area (Å²) in [6.45, 7) is 1.24. The highest BCUT2D eigenvalue weighted by Gasteiger charge is 2.31. The fourth-order valence-corrected chi connectivity index (χ4v) is 0.542. The Labute approximate surface area is 54.5 Å². The van der Waals surface area contributed by atoms with Gasteiger partial charge >= 0.3 is 6.30 Å². The van der Waals surface area contributed by atoms with Crippen LogP contribution in [0.1, 0.15) is 5.82 Å². The van der Waals surface area contributed by atoms with E-state index in [1.807, 2.05) is 0 Å². The number of hydrogen-bond acceptors (Lipinski definition) is 2. The highest BCUT2D eigenvalue weighted by atomic mass is 19.4. The first-order valence-corrected chi connectivity index (χ1v) is 2.45. The third-order valence-electron chi connectivity index (χ3n) is 0.991. The van der Waals surface area contributed by atoms with Crippen molar-refractivity contribution in [3.8, 4) is 0 Å². The number of rotatable bonds is 0. The summed E-state index contributed by atoms with van der Waals surface area (Å²) in [5.74, 6) is -0.160. The zero-order valence-electron chi connectivity index (χ0n) is 5.05. The summed E-state index contributed by atoms with van der Waals surface area (Å²) in [4.78, 5) is 0. The number of aryl methyl sites for hydroxylation is 1. The second-order valence-corrected chi connectivity index (χ2v) is 1.72. The molecule has 0 aliphatic rings. The lowest BCUT2D eigenvalue weighted by atomic mass is 10.7. The molecule has 0 N–H and O–H groups in total. The van der Waals surface area contributed by atoms with Crippen molar-refractivity contribution in [2.75, 3.05) is 0 Å². The fourth-order valence-electron chi connectivity index (χ4n) is 0.542. The van der Waals surface area contributed by atoms with Crippen molar-refractivity contribution >= 4 is 0 Å². The van der Waals surface area contributed by atoms with Gasteiger partial charge in [-0.25, -0.2) is 4.57 Å². The molecule has 10 heavy (non-hydrogen) atoms. The lowest BCUT2D eigenvalue weighted by molar-refractivity contribution is -0.205. The van der Waals surface area contributed by atoms with Crippen LogP contribution in [0.5, 0.6) is 0 Å². The topological polar surface area (TPSA) is 30.7 Å². The van der Waals surface area contributed by atoms with Crippen LogP contribution in [0.4, 0.5) is 13.2 Å². The average molecular weight is 151 g/mol. The zero-order chi connectivity index (χ0) is 7.78. The van der Waals surface area contributed by atoms with Crippen LogP contribution in [-0.2, 0) is 6.30 Å². The molecule has 6 heteroatoms. The van der Waals surface area contributed by atoms with Crippen LogP contribution in [0.2, 0.25) is 0 Å². The van der Waals surface area contributed by atoms with Gasteiger partial charge in [-0.2, -0.15) is 0 Å². The Balaban J connectivity index is 3.05. The van der Waals surface area contributed by atoms with Gasteiger partial charge in [0.15, 0.2) is 0 Å². The minimum absolute atomic E-state index is 0.0486. The Kier molecular flexibility index (Phi) is 1.38. The monoisotopic (exact) mass is 151 g/mol. The molecule has 0 spiro atoms. The van der Waals surface area contributed by atoms with Gasteiger partial charge in [-0.15, -0.1) is 23.4 Å². The van der Waals surface area contributed by atoms with Crippen molar-refractivity contribution in [2.45, 2.75) is 13.2 Å². The normalized spacial score (nSPS) is 12.0. The molecule has 1 aromatic heterocycles. The molecule has 0 aliphatic heterocycles. The maximum Gasteiger partial charge on any atom is 0.491 e. The van der Waals surface area contributed by atoms with Crippen molar-refractivity contribution in [1.29, 1.82) is 0 Å². The molecule has 0 saturated heterocycles. The summed E-state index contributed by atoms with van der Waals surface area (Å²) in [6.07, 6.45) is -3.76. The lowest BCUT2D eigenvalue weighted by Gasteiger charge is -2.06. The van der Waals surface area contributed by atoms with Gasteiger partial charge in [0, 0.05) is 0 Å². The molecule has 56 valence electrons. The third kappa shape index (κ3) is 1.09. The second-order valence-electron chi connectivity index (χ2n) is 1.72. The van der Waals surface area contributed by atoms with E-state index < -0.39 is 6.30 Å². The number of hydrogen-bond donors (Lipinski definition) is 0. The quantitative estimate of drug-likeness (QED) is 0.555. The molecule has 1 rings (SSSR count). The standard InChI is InChI=1S/C4H4F3N3/c1-3-9-8-2-10(3)4(5,6)7/h2H,1H3. The predicted octanol–water partition coefficient (Wildman–Crippen LogP) is 1.06. The van der Waals surface area contributed by atoms with Crippen molar-refractivity contribution in [2.24, 2.45) is 0 Å². The van der Waals surface area contributed by atoms with Gasteiger partial charge in [-0.1, -0.05) is 0 Å². The van der Waals surface area contributed by atoms with E-state index in [1.165, 1.54) is 6.92 Å². The minimum Gasteiger partial charge on any atom is -0.226 e. The molecule has 0 fully saturated rings. The van der Waals surface area contributed by atoms with Gasteiger partial charge in [0.25, 0.3) is 0 Å². The summed E-state index contributed by atoms with van der Waals surface area (Å²) in [5.41, 5.74) is 0. The maximum atomic E-state index is 11.8. The largest absolute Gasteiger partial charge is 0.491 e. The average Bonchev–Trinajstić information content (AvgIpc) is 2.11. The highest BCUT2D eigenvalue weighted by Crippen LogP contribution is 2.21. The molecule has 0 radical (unpaired) electrons. The van der Waals surface area contributed by atoms with Gasteiger partial charge in [-0.3, -0.25) is 0 Å². The maximum absolute atomic E-state index is 11.8. The van der Waals surface area contributed by atoms with Crippen LogP contribution < -0.4 is 0 Å². The molecule has 3 nitrogen and oxygen atoms in total. The number of halogens is 3. The van der Waals surface area contributed by atoms with Gasteiger partial charge < -0.3 is 0 Å². The summed E-state index contributed by atoms with van der Waals surface area (Å²) in [7, 11) is 0. The Hall–Kier alpha value is -1.07. The molecule has 1 heterocycles. The van der Waals surface area contributed by atoms with Crippen LogP contribution in [0.3, 0.4) is 0 Å². The number of nitrogens with zero attached hydrogens (tertiary/aromatic N) is 3. The first kappa shape index (κ1) is 7.04. The van der Waals surface area contributed by atoms with E-state index in [1.54, 1.807) is 0 Å². The first-order chi connectivity index (χ1) is 4.52. The highest BCUT2D eigenvalue weighted by molar-refractivity contribution is 4.81. The Bertz CT molecular complexity index is 226. The molecule has 0 atom stereocenters. The van der Waals surface area contributed by atoms with E-state index in [4.69, 9.17) is 0 Å². The Morgan fingerprint density at radius 1 is 1.50 bits per heavy atom. The van der Waals surface area contributed by atoms with Gasteiger partial charge in [0.05, 0.1) is 0 Å². The molecule has 0 bridgehead atoms. The van der Waals surface area contributed by atoms with E-state index in [2.05, 4.69) is 10.2 Å². The molecule has 0 aromatic carbocycles. The van der Waals surface area contributed by atoms with E-state index >= 15 is 0 Å². The third-order valence-corrected chi connectivity index (χ3v) is 0.991. The number of alkyl halides is 3. The smallest absolute Gasteiger partial charge is 0.226 e. The molecule has 0 amide bonds. The van der Waals surface area contributed by atoms with Crippen molar-refractivity contribution in [3.63, 3.8) is 0 Å². The summed E-state index contributed by atoms with van der Waals surface area (Å²) < 4.78 is 35.3. The van der Waals surface area contributed by atoms with E-state index in [9.17, 15) is 13.2 Å². The van der Waals surface area contributed by atoms with Crippen LogP contribution in [0.25, 0.3) is 0 Å². The van der Waals surface area contributed by atoms with E-state index in [0.717, 1.165) is 0 Å². The lowest BCUT2D eigenvalue weighted by Crippen LogP contribution is -2.16. The molecular weight excluding hydrogens is 147 g/mol. The molecule has 0 unspecified atom stereocenters.